The van der Waals surface area contributed by atoms with Gasteiger partial charge < -0.3 is 0 Å². The second kappa shape index (κ2) is 4.47. The zero-order chi connectivity index (χ0) is 13.3. The first-order valence-electron chi connectivity index (χ1n) is 4.75. The van der Waals surface area contributed by atoms with Crippen LogP contribution in [0.5, 0.6) is 0 Å². The van der Waals surface area contributed by atoms with Crippen LogP contribution in [0, 0.1) is 17.1 Å². The highest BCUT2D eigenvalue weighted by Crippen LogP contribution is 2.12. The largest absolute Gasteiger partial charge is 0.334 e. The Balaban J connectivity index is 2.83. The quantitative estimate of drug-likeness (QED) is 0.787. The van der Waals surface area contributed by atoms with Crippen LogP contribution < -0.4 is 11.2 Å². The number of halogens is 2. The van der Waals surface area contributed by atoms with Gasteiger partial charge in [-0.2, -0.15) is 5.26 Å². The van der Waals surface area contributed by atoms with Gasteiger partial charge >= 0.3 is 5.69 Å². The van der Waals surface area contributed by atoms with Gasteiger partial charge in [0.05, 0.1) is 11.3 Å². The number of nitrogens with one attached hydrogen (secondary N) is 1. The molecule has 0 aliphatic rings. The predicted octanol–water partition coefficient (Wildman–Crippen LogP) is 1.19. The molecule has 0 spiro atoms. The molecule has 1 N–H and O–H groups in total. The van der Waals surface area contributed by atoms with Gasteiger partial charge in [-0.05, 0) is 18.2 Å². The fourth-order valence-corrected chi connectivity index (χ4v) is 1.66. The molecule has 2 rings (SSSR count). The van der Waals surface area contributed by atoms with Crippen LogP contribution >= 0.6 is 11.6 Å². The molecule has 2 aromatic rings. The number of H-pyrrole nitrogens is 1. The number of aromatic amines is 1. The highest BCUT2D eigenvalue weighted by molar-refractivity contribution is 6.29. The molecule has 90 valence electrons. The van der Waals surface area contributed by atoms with Crippen molar-refractivity contribution in [2.45, 2.75) is 0 Å². The van der Waals surface area contributed by atoms with E-state index in [1.807, 2.05) is 0 Å². The summed E-state index contributed by atoms with van der Waals surface area (Å²) >= 11 is 5.51. The molecule has 0 radical (unpaired) electrons. The number of nitriles is 1. The Morgan fingerprint density at radius 1 is 1.33 bits per heavy atom. The normalized spacial score (nSPS) is 10.1. The summed E-state index contributed by atoms with van der Waals surface area (Å²) in [7, 11) is 0. The Hall–Kier alpha value is -2.39. The summed E-state index contributed by atoms with van der Waals surface area (Å²) in [5, 5.41) is 8.76. The number of hydrogen-bond acceptors (Lipinski definition) is 3. The lowest BCUT2D eigenvalue weighted by Crippen LogP contribution is -2.33. The summed E-state index contributed by atoms with van der Waals surface area (Å²) in [6.45, 7) is 0. The highest BCUT2D eigenvalue weighted by Gasteiger charge is 2.11. The maximum atomic E-state index is 13.0. The maximum absolute atomic E-state index is 13.0. The summed E-state index contributed by atoms with van der Waals surface area (Å²) in [5.41, 5.74) is -1.62. The molecule has 7 heteroatoms. The average molecular weight is 266 g/mol. The minimum atomic E-state index is -0.796. The second-order valence-corrected chi connectivity index (χ2v) is 3.78. The molecule has 0 saturated heterocycles. The molecule has 1 aromatic heterocycles. The standard InChI is InChI=1S/C11H5ClFN3O2/c12-9-4-10(17)16(11(18)15-9)8-2-1-7(13)3-6(8)5-14/h1-4H,(H,15,18). The van der Waals surface area contributed by atoms with Crippen molar-refractivity contribution in [3.63, 3.8) is 0 Å². The van der Waals surface area contributed by atoms with E-state index in [4.69, 9.17) is 16.9 Å². The molecule has 0 unspecified atom stereocenters. The topological polar surface area (TPSA) is 78.7 Å². The minimum absolute atomic E-state index is 0.00168. The number of nitrogens with zero attached hydrogens (tertiary/aromatic N) is 2. The predicted molar refractivity (Wildman–Crippen MR) is 62.3 cm³/mol. The van der Waals surface area contributed by atoms with Crippen molar-refractivity contribution in [1.29, 1.82) is 5.26 Å². The van der Waals surface area contributed by atoms with Crippen molar-refractivity contribution < 1.29 is 4.39 Å². The molecule has 0 saturated carbocycles. The summed E-state index contributed by atoms with van der Waals surface area (Å²) < 4.78 is 13.7. The lowest BCUT2D eigenvalue weighted by molar-refractivity contribution is 0.626. The van der Waals surface area contributed by atoms with E-state index in [-0.39, 0.29) is 16.4 Å². The Bertz CT molecular complexity index is 742. The maximum Gasteiger partial charge on any atom is 0.334 e. The van der Waals surface area contributed by atoms with Gasteiger partial charge in [0, 0.05) is 6.07 Å². The Morgan fingerprint density at radius 2 is 2.06 bits per heavy atom. The summed E-state index contributed by atoms with van der Waals surface area (Å²) in [5.74, 6) is -0.631. The van der Waals surface area contributed by atoms with Crippen molar-refractivity contribution in [2.75, 3.05) is 0 Å². The second-order valence-electron chi connectivity index (χ2n) is 3.37. The smallest absolute Gasteiger partial charge is 0.297 e. The average Bonchev–Trinajstić information content (AvgIpc) is 2.29. The van der Waals surface area contributed by atoms with Crippen LogP contribution in [-0.4, -0.2) is 9.55 Å². The number of aromatic nitrogens is 2. The van der Waals surface area contributed by atoms with Gasteiger partial charge in [0.2, 0.25) is 0 Å². The fourth-order valence-electron chi connectivity index (χ4n) is 1.49. The van der Waals surface area contributed by atoms with Crippen molar-refractivity contribution in [3.8, 4) is 11.8 Å². The molecule has 0 aliphatic heterocycles. The first kappa shape index (κ1) is 12.1. The molecule has 18 heavy (non-hydrogen) atoms. The molecule has 0 amide bonds. The Morgan fingerprint density at radius 3 is 2.67 bits per heavy atom. The summed E-state index contributed by atoms with van der Waals surface area (Å²) in [4.78, 5) is 25.5. The Labute approximate surface area is 105 Å². The van der Waals surface area contributed by atoms with Gasteiger partial charge in [-0.15, -0.1) is 0 Å². The summed E-state index contributed by atoms with van der Waals surface area (Å²) in [6, 6.07) is 5.88. The van der Waals surface area contributed by atoms with Gasteiger partial charge in [0.1, 0.15) is 17.0 Å². The molecule has 0 aliphatic carbocycles. The third-order valence-corrected chi connectivity index (χ3v) is 2.42. The number of hydrogen-bond donors (Lipinski definition) is 1. The van der Waals surface area contributed by atoms with Crippen LogP contribution in [0.3, 0.4) is 0 Å². The van der Waals surface area contributed by atoms with E-state index >= 15 is 0 Å². The van der Waals surface area contributed by atoms with Crippen LogP contribution in [0.2, 0.25) is 5.15 Å². The molecular formula is C11H5ClFN3O2. The third kappa shape index (κ3) is 2.04. The van der Waals surface area contributed by atoms with E-state index in [2.05, 4.69) is 4.98 Å². The SMILES string of the molecule is N#Cc1cc(F)ccc1-n1c(=O)cc(Cl)[nH]c1=O. The van der Waals surface area contributed by atoms with E-state index in [1.165, 1.54) is 6.07 Å². The lowest BCUT2D eigenvalue weighted by Gasteiger charge is -2.06. The molecule has 1 heterocycles. The molecule has 5 nitrogen and oxygen atoms in total. The zero-order valence-corrected chi connectivity index (χ0v) is 9.53. The van der Waals surface area contributed by atoms with Crippen molar-refractivity contribution in [1.82, 2.24) is 9.55 Å². The van der Waals surface area contributed by atoms with Crippen molar-refractivity contribution in [2.24, 2.45) is 0 Å². The molecule has 0 atom stereocenters. The van der Waals surface area contributed by atoms with Gasteiger partial charge in [-0.1, -0.05) is 11.6 Å². The van der Waals surface area contributed by atoms with Crippen LogP contribution in [0.4, 0.5) is 4.39 Å². The third-order valence-electron chi connectivity index (χ3n) is 2.22. The van der Waals surface area contributed by atoms with E-state index in [9.17, 15) is 14.0 Å². The van der Waals surface area contributed by atoms with Crippen LogP contribution in [0.25, 0.3) is 5.69 Å². The summed E-state index contributed by atoms with van der Waals surface area (Å²) in [6.07, 6.45) is 0. The van der Waals surface area contributed by atoms with Gasteiger partial charge in [-0.25, -0.2) is 13.8 Å². The molecule has 0 bridgehead atoms. The van der Waals surface area contributed by atoms with Gasteiger partial charge in [0.25, 0.3) is 5.56 Å². The molecule has 1 aromatic carbocycles. The molecular weight excluding hydrogens is 261 g/mol. The van der Waals surface area contributed by atoms with Crippen LogP contribution in [-0.2, 0) is 0 Å². The lowest BCUT2D eigenvalue weighted by atomic mass is 10.2. The first-order chi connectivity index (χ1) is 8.52. The van der Waals surface area contributed by atoms with Crippen LogP contribution in [0.15, 0.2) is 33.9 Å². The van der Waals surface area contributed by atoms with E-state index in [0.717, 1.165) is 18.2 Å². The van der Waals surface area contributed by atoms with Crippen molar-refractivity contribution >= 4 is 11.6 Å². The van der Waals surface area contributed by atoms with Gasteiger partial charge in [0.15, 0.2) is 0 Å². The van der Waals surface area contributed by atoms with Crippen molar-refractivity contribution in [3.05, 3.63) is 61.6 Å². The minimum Gasteiger partial charge on any atom is -0.297 e. The highest BCUT2D eigenvalue weighted by atomic mass is 35.5. The van der Waals surface area contributed by atoms with E-state index in [1.54, 1.807) is 6.07 Å². The molecule has 0 fully saturated rings. The monoisotopic (exact) mass is 265 g/mol. The van der Waals surface area contributed by atoms with Gasteiger partial charge in [-0.3, -0.25) is 9.78 Å². The number of rotatable bonds is 1. The zero-order valence-electron chi connectivity index (χ0n) is 8.78. The van der Waals surface area contributed by atoms with Crippen LogP contribution in [0.1, 0.15) is 5.56 Å². The van der Waals surface area contributed by atoms with E-state index < -0.39 is 17.1 Å². The first-order valence-corrected chi connectivity index (χ1v) is 5.12. The number of benzene rings is 1. The Kier molecular flexibility index (Phi) is 3.00. The van der Waals surface area contributed by atoms with E-state index in [0.29, 0.717) is 4.57 Å². The fraction of sp³-hybridized carbons (Fsp3) is 0.